The first-order valence-corrected chi connectivity index (χ1v) is 11.3. The fraction of sp³-hybridized carbons (Fsp3) is 0.483. The molecule has 4 rings (SSSR count). The van der Waals surface area contributed by atoms with Crippen molar-refractivity contribution in [3.63, 3.8) is 0 Å². The van der Waals surface area contributed by atoms with Gasteiger partial charge in [-0.2, -0.15) is 0 Å². The fourth-order valence-corrected chi connectivity index (χ4v) is 5.59. The van der Waals surface area contributed by atoms with Crippen LogP contribution < -0.4 is 0 Å². The Balaban J connectivity index is 2.15. The molecule has 0 saturated heterocycles. The number of rotatable bonds is 1. The van der Waals surface area contributed by atoms with E-state index in [1.807, 2.05) is 6.20 Å². The Labute approximate surface area is 182 Å². The predicted molar refractivity (Wildman–Crippen MR) is 131 cm³/mol. The Bertz CT molecular complexity index is 1170. The maximum Gasteiger partial charge on any atom is 0.0745 e. The van der Waals surface area contributed by atoms with Crippen LogP contribution in [0.3, 0.4) is 0 Å². The zero-order valence-electron chi connectivity index (χ0n) is 20.5. The maximum absolute atomic E-state index is 5.00. The van der Waals surface area contributed by atoms with E-state index in [-0.39, 0.29) is 16.2 Å². The van der Waals surface area contributed by atoms with Gasteiger partial charge >= 0.3 is 0 Å². The lowest BCUT2D eigenvalue weighted by Gasteiger charge is -2.50. The number of hydrogen-bond donors (Lipinski definition) is 0. The smallest absolute Gasteiger partial charge is 0.0745 e. The van der Waals surface area contributed by atoms with Gasteiger partial charge in [-0.1, -0.05) is 60.6 Å². The SMILES string of the molecule is Cc1cc2cc3c(c(C)c2cc1C)C(C)(C)C(C)(C)c1c(CC(C)(C)C)ccnc1-3. The molecule has 3 aromatic rings. The zero-order chi connectivity index (χ0) is 22.2. The summed E-state index contributed by atoms with van der Waals surface area (Å²) in [7, 11) is 0. The quantitative estimate of drug-likeness (QED) is 0.404. The maximum atomic E-state index is 5.00. The number of fused-ring (bicyclic) bond motifs is 4. The summed E-state index contributed by atoms with van der Waals surface area (Å²) in [5.41, 5.74) is 11.3. The Kier molecular flexibility index (Phi) is 4.52. The molecule has 0 radical (unpaired) electrons. The lowest BCUT2D eigenvalue weighted by atomic mass is 9.54. The van der Waals surface area contributed by atoms with Crippen molar-refractivity contribution in [2.24, 2.45) is 5.41 Å². The summed E-state index contributed by atoms with van der Waals surface area (Å²) in [5.74, 6) is 0. The van der Waals surface area contributed by atoms with Gasteiger partial charge in [-0.25, -0.2) is 0 Å². The van der Waals surface area contributed by atoms with Gasteiger partial charge in [0.1, 0.15) is 0 Å². The van der Waals surface area contributed by atoms with Crippen molar-refractivity contribution in [3.05, 3.63) is 63.8 Å². The van der Waals surface area contributed by atoms with Crippen LogP contribution in [-0.2, 0) is 17.3 Å². The largest absolute Gasteiger partial charge is 0.256 e. The second kappa shape index (κ2) is 6.42. The molecule has 1 aliphatic carbocycles. The molecular formula is C29H37N. The predicted octanol–water partition coefficient (Wildman–Crippen LogP) is 7.98. The Morgan fingerprint density at radius 1 is 0.833 bits per heavy atom. The number of hydrogen-bond acceptors (Lipinski definition) is 1. The first kappa shape index (κ1) is 21.1. The molecule has 0 amide bonds. The van der Waals surface area contributed by atoms with Crippen molar-refractivity contribution in [2.45, 2.75) is 86.5 Å². The van der Waals surface area contributed by atoms with E-state index >= 15 is 0 Å². The van der Waals surface area contributed by atoms with Crippen LogP contribution in [0, 0.1) is 26.2 Å². The lowest BCUT2D eigenvalue weighted by Crippen LogP contribution is -2.45. The van der Waals surface area contributed by atoms with E-state index in [1.165, 1.54) is 55.4 Å². The van der Waals surface area contributed by atoms with E-state index in [0.717, 1.165) is 6.42 Å². The van der Waals surface area contributed by atoms with E-state index in [9.17, 15) is 0 Å². The highest BCUT2D eigenvalue weighted by molar-refractivity contribution is 5.95. The third-order valence-electron chi connectivity index (χ3n) is 7.84. The van der Waals surface area contributed by atoms with Crippen molar-refractivity contribution in [2.75, 3.05) is 0 Å². The van der Waals surface area contributed by atoms with Gasteiger partial charge in [0, 0.05) is 17.2 Å². The van der Waals surface area contributed by atoms with Crippen LogP contribution in [0.5, 0.6) is 0 Å². The Morgan fingerprint density at radius 3 is 2.07 bits per heavy atom. The van der Waals surface area contributed by atoms with Crippen LogP contribution >= 0.6 is 0 Å². The van der Waals surface area contributed by atoms with E-state index < -0.39 is 0 Å². The van der Waals surface area contributed by atoms with Gasteiger partial charge in [0.25, 0.3) is 0 Å². The van der Waals surface area contributed by atoms with Gasteiger partial charge in [0.15, 0.2) is 0 Å². The van der Waals surface area contributed by atoms with Gasteiger partial charge in [0.05, 0.1) is 5.69 Å². The summed E-state index contributed by atoms with van der Waals surface area (Å²) in [5, 5.41) is 2.72. The summed E-state index contributed by atoms with van der Waals surface area (Å²) >= 11 is 0. The molecule has 158 valence electrons. The number of benzene rings is 2. The molecule has 1 aliphatic rings. The molecule has 0 aliphatic heterocycles. The minimum Gasteiger partial charge on any atom is -0.256 e. The molecule has 1 aromatic heterocycles. The third kappa shape index (κ3) is 2.93. The van der Waals surface area contributed by atoms with Crippen LogP contribution in [0.2, 0.25) is 0 Å². The molecule has 0 atom stereocenters. The minimum absolute atomic E-state index is 0.00205. The van der Waals surface area contributed by atoms with Crippen molar-refractivity contribution >= 4 is 10.8 Å². The van der Waals surface area contributed by atoms with Crippen LogP contribution in [0.1, 0.15) is 81.8 Å². The fourth-order valence-electron chi connectivity index (χ4n) is 5.59. The highest BCUT2D eigenvalue weighted by Crippen LogP contribution is 2.56. The molecule has 0 fully saturated rings. The summed E-state index contributed by atoms with van der Waals surface area (Å²) in [6.45, 7) is 23.5. The molecule has 0 N–H and O–H groups in total. The van der Waals surface area contributed by atoms with Crippen molar-refractivity contribution in [1.82, 2.24) is 4.98 Å². The first-order chi connectivity index (χ1) is 13.8. The van der Waals surface area contributed by atoms with Crippen molar-refractivity contribution in [1.29, 1.82) is 0 Å². The molecule has 0 spiro atoms. The van der Waals surface area contributed by atoms with Crippen LogP contribution in [0.15, 0.2) is 30.5 Å². The third-order valence-corrected chi connectivity index (χ3v) is 7.84. The van der Waals surface area contributed by atoms with Gasteiger partial charge in [0.2, 0.25) is 0 Å². The number of nitrogens with zero attached hydrogens (tertiary/aromatic N) is 1. The molecule has 30 heavy (non-hydrogen) atoms. The molecule has 1 nitrogen and oxygen atoms in total. The molecule has 1 heterocycles. The molecule has 2 aromatic carbocycles. The zero-order valence-corrected chi connectivity index (χ0v) is 20.5. The molecule has 0 bridgehead atoms. The van der Waals surface area contributed by atoms with E-state index in [0.29, 0.717) is 0 Å². The van der Waals surface area contributed by atoms with Crippen molar-refractivity contribution < 1.29 is 0 Å². The second-order valence-electron chi connectivity index (χ2n) is 11.8. The van der Waals surface area contributed by atoms with Gasteiger partial charge in [-0.3, -0.25) is 4.98 Å². The number of pyridine rings is 1. The van der Waals surface area contributed by atoms with E-state index in [1.54, 1.807) is 0 Å². The highest BCUT2D eigenvalue weighted by atomic mass is 14.7. The van der Waals surface area contributed by atoms with E-state index in [4.69, 9.17) is 4.98 Å². The second-order valence-corrected chi connectivity index (χ2v) is 11.8. The standard InChI is InChI=1S/C29H37N/c1-17-13-21-15-23-24(19(3)22(21)14-18(17)2)28(7,8)29(9,10)25-20(16-27(4,5)6)11-12-30-26(23)25/h11-15H,16H2,1-10H3. The van der Waals surface area contributed by atoms with Crippen LogP contribution in [0.4, 0.5) is 0 Å². The number of aryl methyl sites for hydroxylation is 3. The van der Waals surface area contributed by atoms with E-state index in [2.05, 4.69) is 93.5 Å². The molecule has 0 unspecified atom stereocenters. The normalized spacial score (nSPS) is 17.0. The summed E-state index contributed by atoms with van der Waals surface area (Å²) in [6, 6.07) is 9.40. The summed E-state index contributed by atoms with van der Waals surface area (Å²) < 4.78 is 0. The van der Waals surface area contributed by atoms with Crippen molar-refractivity contribution in [3.8, 4) is 11.3 Å². The summed E-state index contributed by atoms with van der Waals surface area (Å²) in [6.07, 6.45) is 3.09. The molecule has 0 saturated carbocycles. The molecular weight excluding hydrogens is 362 g/mol. The first-order valence-electron chi connectivity index (χ1n) is 11.3. The van der Waals surface area contributed by atoms with Gasteiger partial charge in [-0.15, -0.1) is 0 Å². The average molecular weight is 400 g/mol. The summed E-state index contributed by atoms with van der Waals surface area (Å²) in [4.78, 5) is 5.00. The topological polar surface area (TPSA) is 12.9 Å². The monoisotopic (exact) mass is 399 g/mol. The number of aromatic nitrogens is 1. The highest BCUT2D eigenvalue weighted by Gasteiger charge is 2.48. The molecule has 1 heteroatoms. The lowest BCUT2D eigenvalue weighted by molar-refractivity contribution is 0.292. The minimum atomic E-state index is -0.0116. The van der Waals surface area contributed by atoms with Crippen LogP contribution in [-0.4, -0.2) is 4.98 Å². The van der Waals surface area contributed by atoms with Gasteiger partial charge < -0.3 is 0 Å². The van der Waals surface area contributed by atoms with Gasteiger partial charge in [-0.05, 0) is 94.3 Å². The Hall–Kier alpha value is -2.15. The Morgan fingerprint density at radius 2 is 1.43 bits per heavy atom. The van der Waals surface area contributed by atoms with Crippen LogP contribution in [0.25, 0.3) is 22.0 Å². The average Bonchev–Trinajstić information content (AvgIpc) is 2.60.